The molecule has 1 aromatic heterocycles. The van der Waals surface area contributed by atoms with Gasteiger partial charge in [-0.05, 0) is 30.9 Å². The fourth-order valence-corrected chi connectivity index (χ4v) is 4.10. The van der Waals surface area contributed by atoms with E-state index in [0.29, 0.717) is 18.9 Å². The minimum absolute atomic E-state index is 0.125. The molecule has 0 atom stereocenters. The van der Waals surface area contributed by atoms with Crippen molar-refractivity contribution >= 4 is 23.4 Å². The maximum Gasteiger partial charge on any atom is 0.237 e. The van der Waals surface area contributed by atoms with Crippen LogP contribution < -0.4 is 4.90 Å². The third-order valence-electron chi connectivity index (χ3n) is 4.52. The number of aryl methyl sites for hydroxylation is 2. The fourth-order valence-electron chi connectivity index (χ4n) is 3.24. The van der Waals surface area contributed by atoms with Crippen molar-refractivity contribution in [3.05, 3.63) is 35.7 Å². The summed E-state index contributed by atoms with van der Waals surface area (Å²) in [4.78, 5) is 14.7. The molecule has 6 nitrogen and oxygen atoms in total. The molecule has 1 aromatic carbocycles. The van der Waals surface area contributed by atoms with Gasteiger partial charge in [-0.3, -0.25) is 4.79 Å². The molecule has 26 heavy (non-hydrogen) atoms. The van der Waals surface area contributed by atoms with Gasteiger partial charge in [-0.2, -0.15) is 0 Å². The summed E-state index contributed by atoms with van der Waals surface area (Å²) in [6, 6.07) is 8.18. The first kappa shape index (κ1) is 18.9. The lowest BCUT2D eigenvalue weighted by Crippen LogP contribution is -2.36. The van der Waals surface area contributed by atoms with Crippen LogP contribution in [-0.4, -0.2) is 46.7 Å². The SMILES string of the molecule is CCCc1nnc(SCC(=O)N2CCCc3ccccc32)n1CCOC. The molecule has 0 saturated carbocycles. The average Bonchev–Trinajstić information content (AvgIpc) is 3.05. The number of para-hydroxylation sites is 1. The second-order valence-corrected chi connectivity index (χ2v) is 7.30. The topological polar surface area (TPSA) is 60.2 Å². The lowest BCUT2D eigenvalue weighted by molar-refractivity contribution is -0.116. The van der Waals surface area contributed by atoms with Crippen LogP contribution in [-0.2, 0) is 28.9 Å². The lowest BCUT2D eigenvalue weighted by atomic mass is 10.0. The van der Waals surface area contributed by atoms with Gasteiger partial charge >= 0.3 is 0 Å². The second-order valence-electron chi connectivity index (χ2n) is 6.36. The predicted octanol–water partition coefficient (Wildman–Crippen LogP) is 2.95. The second kappa shape index (κ2) is 9.19. The molecule has 0 radical (unpaired) electrons. The number of amides is 1. The maximum absolute atomic E-state index is 12.8. The monoisotopic (exact) mass is 374 g/mol. The van der Waals surface area contributed by atoms with E-state index in [1.807, 2.05) is 23.1 Å². The Morgan fingerprint density at radius 2 is 2.15 bits per heavy atom. The van der Waals surface area contributed by atoms with Crippen molar-refractivity contribution in [2.75, 3.05) is 30.9 Å². The number of fused-ring (bicyclic) bond motifs is 1. The van der Waals surface area contributed by atoms with Crippen LogP contribution in [0.2, 0.25) is 0 Å². The first-order valence-corrected chi connectivity index (χ1v) is 10.1. The lowest BCUT2D eigenvalue weighted by Gasteiger charge is -2.29. The first-order chi connectivity index (χ1) is 12.7. The highest BCUT2D eigenvalue weighted by Gasteiger charge is 2.23. The van der Waals surface area contributed by atoms with E-state index in [1.165, 1.54) is 17.3 Å². The standard InChI is InChI=1S/C19H26N4O2S/c1-3-7-17-20-21-19(23(17)12-13-25-2)26-14-18(24)22-11-6-9-15-8-4-5-10-16(15)22/h4-5,8,10H,3,6-7,9,11-14H2,1-2H3. The van der Waals surface area contributed by atoms with Crippen molar-refractivity contribution in [1.82, 2.24) is 14.8 Å². The maximum atomic E-state index is 12.8. The third kappa shape index (κ3) is 4.27. The highest BCUT2D eigenvalue weighted by molar-refractivity contribution is 7.99. The molecule has 2 aromatic rings. The van der Waals surface area contributed by atoms with Gasteiger partial charge in [-0.15, -0.1) is 10.2 Å². The Morgan fingerprint density at radius 1 is 1.31 bits per heavy atom. The smallest absolute Gasteiger partial charge is 0.237 e. The van der Waals surface area contributed by atoms with Crippen LogP contribution in [0.4, 0.5) is 5.69 Å². The van der Waals surface area contributed by atoms with Crippen LogP contribution >= 0.6 is 11.8 Å². The zero-order valence-corrected chi connectivity index (χ0v) is 16.3. The number of hydrogen-bond donors (Lipinski definition) is 0. The number of nitrogens with zero attached hydrogens (tertiary/aromatic N) is 4. The van der Waals surface area contributed by atoms with Gasteiger partial charge < -0.3 is 14.2 Å². The zero-order chi connectivity index (χ0) is 18.4. The number of methoxy groups -OCH3 is 1. The predicted molar refractivity (Wildman–Crippen MR) is 104 cm³/mol. The molecule has 0 N–H and O–H groups in total. The summed E-state index contributed by atoms with van der Waals surface area (Å²) in [7, 11) is 1.69. The Morgan fingerprint density at radius 3 is 2.96 bits per heavy atom. The van der Waals surface area contributed by atoms with E-state index in [-0.39, 0.29) is 5.91 Å². The van der Waals surface area contributed by atoms with E-state index in [9.17, 15) is 4.79 Å². The molecule has 0 unspecified atom stereocenters. The summed E-state index contributed by atoms with van der Waals surface area (Å²) >= 11 is 1.46. The van der Waals surface area contributed by atoms with Crippen LogP contribution in [0.5, 0.6) is 0 Å². The van der Waals surface area contributed by atoms with E-state index < -0.39 is 0 Å². The van der Waals surface area contributed by atoms with Crippen molar-refractivity contribution in [3.63, 3.8) is 0 Å². The number of aromatic nitrogens is 3. The van der Waals surface area contributed by atoms with Crippen LogP contribution in [0, 0.1) is 0 Å². The molecule has 0 bridgehead atoms. The summed E-state index contributed by atoms with van der Waals surface area (Å²) < 4.78 is 7.28. The number of benzene rings is 1. The van der Waals surface area contributed by atoms with Gasteiger partial charge in [0.05, 0.1) is 12.4 Å². The molecule has 0 aliphatic carbocycles. The quantitative estimate of drug-likeness (QED) is 0.665. The largest absolute Gasteiger partial charge is 0.383 e. The molecular weight excluding hydrogens is 348 g/mol. The van der Waals surface area contributed by atoms with Crippen molar-refractivity contribution in [3.8, 4) is 0 Å². The van der Waals surface area contributed by atoms with Gasteiger partial charge in [0, 0.05) is 32.3 Å². The van der Waals surface area contributed by atoms with Crippen molar-refractivity contribution < 1.29 is 9.53 Å². The van der Waals surface area contributed by atoms with Gasteiger partial charge in [-0.25, -0.2) is 0 Å². The molecule has 3 rings (SSSR count). The molecule has 7 heteroatoms. The minimum Gasteiger partial charge on any atom is -0.383 e. The Kier molecular flexibility index (Phi) is 6.68. The minimum atomic E-state index is 0.125. The number of carbonyl (C=O) groups is 1. The number of carbonyl (C=O) groups excluding carboxylic acids is 1. The third-order valence-corrected chi connectivity index (χ3v) is 5.47. The average molecular weight is 375 g/mol. The van der Waals surface area contributed by atoms with Gasteiger partial charge in [0.2, 0.25) is 5.91 Å². The van der Waals surface area contributed by atoms with Crippen LogP contribution in [0.1, 0.15) is 31.2 Å². The number of hydrogen-bond acceptors (Lipinski definition) is 5. The van der Waals surface area contributed by atoms with E-state index in [4.69, 9.17) is 4.74 Å². The Balaban J connectivity index is 1.68. The summed E-state index contributed by atoms with van der Waals surface area (Å²) in [5.74, 6) is 1.45. The van der Waals surface area contributed by atoms with Gasteiger partial charge in [-0.1, -0.05) is 36.9 Å². The summed E-state index contributed by atoms with van der Waals surface area (Å²) in [6.07, 6.45) is 3.95. The van der Waals surface area contributed by atoms with E-state index in [0.717, 1.165) is 48.9 Å². The van der Waals surface area contributed by atoms with E-state index in [2.05, 4.69) is 27.8 Å². The van der Waals surface area contributed by atoms with E-state index in [1.54, 1.807) is 7.11 Å². The van der Waals surface area contributed by atoms with Crippen LogP contribution in [0.3, 0.4) is 0 Å². The molecule has 1 aliphatic heterocycles. The highest BCUT2D eigenvalue weighted by Crippen LogP contribution is 2.28. The van der Waals surface area contributed by atoms with Gasteiger partial charge in [0.1, 0.15) is 5.82 Å². The number of rotatable bonds is 8. The molecule has 1 aliphatic rings. The molecule has 0 saturated heterocycles. The van der Waals surface area contributed by atoms with Gasteiger partial charge in [0.25, 0.3) is 0 Å². The number of ether oxygens (including phenoxy) is 1. The van der Waals surface area contributed by atoms with Gasteiger partial charge in [0.15, 0.2) is 5.16 Å². The first-order valence-electron chi connectivity index (χ1n) is 9.16. The Hall–Kier alpha value is -1.86. The Labute approximate surface area is 158 Å². The number of thioether (sulfide) groups is 1. The molecule has 140 valence electrons. The zero-order valence-electron chi connectivity index (χ0n) is 15.5. The van der Waals surface area contributed by atoms with Crippen LogP contribution in [0.25, 0.3) is 0 Å². The molecular formula is C19H26N4O2S. The van der Waals surface area contributed by atoms with E-state index >= 15 is 0 Å². The normalized spacial score (nSPS) is 13.7. The molecule has 0 spiro atoms. The highest BCUT2D eigenvalue weighted by atomic mass is 32.2. The molecule has 0 fully saturated rings. The molecule has 1 amide bonds. The van der Waals surface area contributed by atoms with Crippen LogP contribution in [0.15, 0.2) is 29.4 Å². The molecule has 2 heterocycles. The summed E-state index contributed by atoms with van der Waals surface area (Å²) in [6.45, 7) is 4.23. The fraction of sp³-hybridized carbons (Fsp3) is 0.526. The Bertz CT molecular complexity index is 747. The summed E-state index contributed by atoms with van der Waals surface area (Å²) in [5.41, 5.74) is 2.31. The number of anilines is 1. The summed E-state index contributed by atoms with van der Waals surface area (Å²) in [5, 5.41) is 9.39. The van der Waals surface area contributed by atoms with Crippen molar-refractivity contribution in [2.45, 2.75) is 44.3 Å². The van der Waals surface area contributed by atoms with Crippen molar-refractivity contribution in [2.24, 2.45) is 0 Å². The van der Waals surface area contributed by atoms with Crippen molar-refractivity contribution in [1.29, 1.82) is 0 Å².